The van der Waals surface area contributed by atoms with Crippen LogP contribution in [0.15, 0.2) is 41.6 Å². The summed E-state index contributed by atoms with van der Waals surface area (Å²) in [7, 11) is 1.66. The highest BCUT2D eigenvalue weighted by Gasteiger charge is 2.26. The molecule has 0 saturated carbocycles. The van der Waals surface area contributed by atoms with Crippen molar-refractivity contribution in [1.82, 2.24) is 14.9 Å². The molecule has 0 bridgehead atoms. The summed E-state index contributed by atoms with van der Waals surface area (Å²) in [5.74, 6) is 1.56. The molecule has 5 nitrogen and oxygen atoms in total. The van der Waals surface area contributed by atoms with Crippen LogP contribution < -0.4 is 10.2 Å². The van der Waals surface area contributed by atoms with Crippen molar-refractivity contribution in [3.8, 4) is 17.1 Å². The molecule has 98 valence electrons. The number of nitrogens with one attached hydrogen (secondary N) is 1. The van der Waals surface area contributed by atoms with Gasteiger partial charge in [0.15, 0.2) is 5.82 Å². The first-order valence-electron chi connectivity index (χ1n) is 5.98. The molecule has 6 heteroatoms. The minimum Gasteiger partial charge on any atom is -0.496 e. The second kappa shape index (κ2) is 4.97. The number of aromatic nitrogens is 3. The number of para-hydroxylation sites is 1. The third-order valence-electron chi connectivity index (χ3n) is 2.84. The Balaban J connectivity index is 2.01. The van der Waals surface area contributed by atoms with Crippen LogP contribution in [-0.2, 0) is 0 Å². The van der Waals surface area contributed by atoms with Gasteiger partial charge in [0, 0.05) is 0 Å². The van der Waals surface area contributed by atoms with Gasteiger partial charge >= 0.3 is 0 Å². The van der Waals surface area contributed by atoms with Crippen molar-refractivity contribution in [2.75, 3.05) is 12.5 Å². The van der Waals surface area contributed by atoms with E-state index >= 15 is 0 Å². The molecule has 2 aromatic rings. The molecule has 0 saturated heterocycles. The molecular weight excluding hydrogens is 260 g/mol. The van der Waals surface area contributed by atoms with Crippen LogP contribution in [0.1, 0.15) is 6.92 Å². The van der Waals surface area contributed by atoms with Crippen LogP contribution in [0.4, 0.5) is 0 Å². The third kappa shape index (κ3) is 2.08. The van der Waals surface area contributed by atoms with Crippen molar-refractivity contribution in [2.45, 2.75) is 17.5 Å². The summed E-state index contributed by atoms with van der Waals surface area (Å²) in [6.07, 6.45) is 4.11. The molecule has 19 heavy (non-hydrogen) atoms. The lowest BCUT2D eigenvalue weighted by Gasteiger charge is -2.10. The molecule has 0 fully saturated rings. The Morgan fingerprint density at radius 3 is 3.00 bits per heavy atom. The zero-order chi connectivity index (χ0) is 13.2. The van der Waals surface area contributed by atoms with Crippen LogP contribution in [0.2, 0.25) is 0 Å². The van der Waals surface area contributed by atoms with Gasteiger partial charge < -0.3 is 10.2 Å². The fourth-order valence-electron chi connectivity index (χ4n) is 1.99. The minimum absolute atomic E-state index is 0.198. The molecule has 2 heterocycles. The van der Waals surface area contributed by atoms with Crippen LogP contribution >= 0.6 is 11.8 Å². The number of methoxy groups -OCH3 is 1. The SMILES string of the molecule is CC=CC1Nn2c(nnc2-c2ccccc2OC)S1. The molecule has 0 radical (unpaired) electrons. The molecule has 1 aliphatic heterocycles. The number of fused-ring (bicyclic) bond motifs is 1. The van der Waals surface area contributed by atoms with Gasteiger partial charge in [0.25, 0.3) is 0 Å². The van der Waals surface area contributed by atoms with Gasteiger partial charge in [0.05, 0.1) is 12.7 Å². The number of thioether (sulfide) groups is 1. The fourth-order valence-corrected chi connectivity index (χ4v) is 2.94. The first-order valence-corrected chi connectivity index (χ1v) is 6.86. The molecular formula is C13H14N4OS. The van der Waals surface area contributed by atoms with E-state index in [4.69, 9.17) is 4.74 Å². The lowest BCUT2D eigenvalue weighted by Crippen LogP contribution is -2.17. The van der Waals surface area contributed by atoms with Crippen molar-refractivity contribution >= 4 is 11.8 Å². The van der Waals surface area contributed by atoms with Crippen molar-refractivity contribution in [3.05, 3.63) is 36.4 Å². The number of nitrogens with zero attached hydrogens (tertiary/aromatic N) is 3. The van der Waals surface area contributed by atoms with Crippen LogP contribution in [0.3, 0.4) is 0 Å². The average molecular weight is 274 g/mol. The molecule has 1 unspecified atom stereocenters. The quantitative estimate of drug-likeness (QED) is 0.872. The van der Waals surface area contributed by atoms with Gasteiger partial charge in [-0.2, -0.15) is 0 Å². The summed E-state index contributed by atoms with van der Waals surface area (Å²) in [6.45, 7) is 2.00. The van der Waals surface area contributed by atoms with Crippen molar-refractivity contribution in [3.63, 3.8) is 0 Å². The Morgan fingerprint density at radius 2 is 2.21 bits per heavy atom. The van der Waals surface area contributed by atoms with E-state index in [0.717, 1.165) is 22.3 Å². The molecule has 1 aromatic carbocycles. The highest BCUT2D eigenvalue weighted by molar-refractivity contribution is 8.00. The number of hydrogen-bond donors (Lipinski definition) is 1. The first kappa shape index (κ1) is 12.1. The van der Waals surface area contributed by atoms with Crippen molar-refractivity contribution in [2.24, 2.45) is 0 Å². The van der Waals surface area contributed by atoms with E-state index in [-0.39, 0.29) is 5.37 Å². The maximum atomic E-state index is 5.37. The van der Waals surface area contributed by atoms with Gasteiger partial charge in [-0.05, 0) is 19.1 Å². The first-order chi connectivity index (χ1) is 9.33. The van der Waals surface area contributed by atoms with Gasteiger partial charge in [-0.1, -0.05) is 36.0 Å². The predicted octanol–water partition coefficient (Wildman–Crippen LogP) is 2.51. The predicted molar refractivity (Wildman–Crippen MR) is 75.8 cm³/mol. The summed E-state index contributed by atoms with van der Waals surface area (Å²) < 4.78 is 7.28. The molecule has 1 N–H and O–H groups in total. The van der Waals surface area contributed by atoms with Crippen molar-refractivity contribution < 1.29 is 4.74 Å². The van der Waals surface area contributed by atoms with Gasteiger partial charge in [0.2, 0.25) is 5.16 Å². The van der Waals surface area contributed by atoms with Crippen LogP contribution in [-0.4, -0.2) is 27.4 Å². The Labute approximate surface area is 115 Å². The van der Waals surface area contributed by atoms with Crippen molar-refractivity contribution in [1.29, 1.82) is 0 Å². The molecule has 1 aliphatic rings. The van der Waals surface area contributed by atoms with E-state index in [9.17, 15) is 0 Å². The highest BCUT2D eigenvalue weighted by atomic mass is 32.2. The molecule has 0 aliphatic carbocycles. The summed E-state index contributed by atoms with van der Waals surface area (Å²) in [6, 6.07) is 7.80. The second-order valence-electron chi connectivity index (χ2n) is 4.04. The fraction of sp³-hybridized carbons (Fsp3) is 0.231. The molecule has 3 rings (SSSR count). The average Bonchev–Trinajstić information content (AvgIpc) is 2.99. The van der Waals surface area contributed by atoms with Crippen LogP contribution in [0.5, 0.6) is 5.75 Å². The summed E-state index contributed by atoms with van der Waals surface area (Å²) in [5, 5.41) is 9.50. The molecule has 1 atom stereocenters. The standard InChI is InChI=1S/C13H14N4OS/c1-3-6-11-16-17-12(14-15-13(17)19-11)9-7-4-5-8-10(9)18-2/h3-8,11,16H,1-2H3. The van der Waals surface area contributed by atoms with E-state index in [0.29, 0.717) is 0 Å². The zero-order valence-electron chi connectivity index (χ0n) is 10.7. The normalized spacial score (nSPS) is 17.5. The van der Waals surface area contributed by atoms with E-state index < -0.39 is 0 Å². The maximum Gasteiger partial charge on any atom is 0.212 e. The Hall–Kier alpha value is -1.95. The number of ether oxygens (including phenoxy) is 1. The van der Waals surface area contributed by atoms with Gasteiger partial charge in [-0.3, -0.25) is 0 Å². The van der Waals surface area contributed by atoms with Gasteiger partial charge in [0.1, 0.15) is 11.1 Å². The van der Waals surface area contributed by atoms with Crippen LogP contribution in [0, 0.1) is 0 Å². The Bertz CT molecular complexity index is 623. The van der Waals surface area contributed by atoms with Gasteiger partial charge in [-0.15, -0.1) is 10.2 Å². The lowest BCUT2D eigenvalue weighted by atomic mass is 10.2. The third-order valence-corrected chi connectivity index (χ3v) is 3.83. The number of allylic oxidation sites excluding steroid dienone is 1. The summed E-state index contributed by atoms with van der Waals surface area (Å²) in [4.78, 5) is 0. The minimum atomic E-state index is 0.198. The molecule has 0 amide bonds. The van der Waals surface area contributed by atoms with E-state index in [1.165, 1.54) is 0 Å². The van der Waals surface area contributed by atoms with Crippen LogP contribution in [0.25, 0.3) is 11.4 Å². The number of rotatable bonds is 3. The maximum absolute atomic E-state index is 5.37. The van der Waals surface area contributed by atoms with E-state index in [1.54, 1.807) is 18.9 Å². The Morgan fingerprint density at radius 1 is 1.37 bits per heavy atom. The lowest BCUT2D eigenvalue weighted by molar-refractivity contribution is 0.416. The van der Waals surface area contributed by atoms with Gasteiger partial charge in [-0.25, -0.2) is 4.68 Å². The number of benzene rings is 1. The summed E-state index contributed by atoms with van der Waals surface area (Å²) >= 11 is 1.64. The highest BCUT2D eigenvalue weighted by Crippen LogP contribution is 2.34. The van der Waals surface area contributed by atoms with E-state index in [2.05, 4.69) is 21.7 Å². The smallest absolute Gasteiger partial charge is 0.212 e. The monoisotopic (exact) mass is 274 g/mol. The number of hydrogen-bond acceptors (Lipinski definition) is 5. The summed E-state index contributed by atoms with van der Waals surface area (Å²) in [5.41, 5.74) is 4.27. The molecule has 0 spiro atoms. The largest absolute Gasteiger partial charge is 0.496 e. The Kier molecular flexibility index (Phi) is 3.16. The van der Waals surface area contributed by atoms with E-state index in [1.807, 2.05) is 41.9 Å². The second-order valence-corrected chi connectivity index (χ2v) is 5.14. The molecule has 1 aromatic heterocycles. The topological polar surface area (TPSA) is 52.0 Å². The zero-order valence-corrected chi connectivity index (χ0v) is 11.5.